The third kappa shape index (κ3) is 3.14. The van der Waals surface area contributed by atoms with Gasteiger partial charge in [0.15, 0.2) is 0 Å². The van der Waals surface area contributed by atoms with Crippen LogP contribution in [0.25, 0.3) is 0 Å². The average Bonchev–Trinajstić information content (AvgIpc) is 2.87. The molecule has 1 atom stereocenters. The average molecular weight is 385 g/mol. The Labute approximate surface area is 163 Å². The Balaban J connectivity index is 1.50. The number of rotatable bonds is 4. The van der Waals surface area contributed by atoms with Gasteiger partial charge >= 0.3 is 0 Å². The van der Waals surface area contributed by atoms with Gasteiger partial charge < -0.3 is 10.2 Å². The first-order valence-corrected chi connectivity index (χ1v) is 9.48. The van der Waals surface area contributed by atoms with Crippen LogP contribution in [0, 0.1) is 0 Å². The second-order valence-electron chi connectivity index (χ2n) is 7.01. The lowest BCUT2D eigenvalue weighted by Crippen LogP contribution is -2.56. The fourth-order valence-corrected chi connectivity index (χ4v) is 3.91. The van der Waals surface area contributed by atoms with Crippen LogP contribution in [0.1, 0.15) is 42.2 Å². The van der Waals surface area contributed by atoms with Crippen LogP contribution in [0.5, 0.6) is 0 Å². The van der Waals surface area contributed by atoms with Gasteiger partial charge in [-0.15, -0.1) is 0 Å². The molecule has 4 rings (SSSR count). The predicted molar refractivity (Wildman–Crippen MR) is 105 cm³/mol. The zero-order valence-corrected chi connectivity index (χ0v) is 16.0. The molecule has 0 radical (unpaired) electrons. The molecule has 6 nitrogen and oxygen atoms in total. The van der Waals surface area contributed by atoms with Gasteiger partial charge in [-0.1, -0.05) is 18.5 Å². The molecule has 0 unspecified atom stereocenters. The number of carbonyl (C=O) groups is 2. The molecule has 1 aromatic heterocycles. The van der Waals surface area contributed by atoms with E-state index in [-0.39, 0.29) is 23.9 Å². The lowest BCUT2D eigenvalue weighted by Gasteiger charge is -2.40. The number of benzene rings is 1. The molecule has 2 aliphatic heterocycles. The quantitative estimate of drug-likeness (QED) is 0.876. The summed E-state index contributed by atoms with van der Waals surface area (Å²) in [4.78, 5) is 32.4. The molecule has 2 amide bonds. The smallest absolute Gasteiger partial charge is 0.259 e. The van der Waals surface area contributed by atoms with Crippen molar-refractivity contribution < 1.29 is 9.59 Å². The molecule has 1 fully saturated rings. The molecule has 1 saturated heterocycles. The highest BCUT2D eigenvalue weighted by molar-refractivity contribution is 6.31. The van der Waals surface area contributed by atoms with E-state index in [1.54, 1.807) is 29.4 Å². The SMILES string of the molecule is CCC(=O)N1CC(Nc2cncc(N3C(=O)c4ccc(Cl)cc4[C@@H]3C)c2)C1. The highest BCUT2D eigenvalue weighted by Gasteiger charge is 2.35. The summed E-state index contributed by atoms with van der Waals surface area (Å²) in [6, 6.07) is 7.40. The largest absolute Gasteiger partial charge is 0.377 e. The van der Waals surface area contributed by atoms with Crippen LogP contribution in [-0.2, 0) is 4.79 Å². The number of aromatic nitrogens is 1. The van der Waals surface area contributed by atoms with Crippen LogP contribution in [-0.4, -0.2) is 40.8 Å². The van der Waals surface area contributed by atoms with Crippen molar-refractivity contribution in [3.8, 4) is 0 Å². The molecule has 0 bridgehead atoms. The third-order valence-corrected chi connectivity index (χ3v) is 5.44. The normalized spacial score (nSPS) is 19.1. The van der Waals surface area contributed by atoms with Gasteiger partial charge in [0, 0.05) is 30.1 Å². The molecule has 0 saturated carbocycles. The first-order chi connectivity index (χ1) is 13.0. The van der Waals surface area contributed by atoms with E-state index in [9.17, 15) is 9.59 Å². The van der Waals surface area contributed by atoms with Gasteiger partial charge in [-0.2, -0.15) is 0 Å². The van der Waals surface area contributed by atoms with E-state index in [4.69, 9.17) is 11.6 Å². The Kier molecular flexibility index (Phi) is 4.52. The number of hydrogen-bond donors (Lipinski definition) is 1. The van der Waals surface area contributed by atoms with Crippen molar-refractivity contribution in [2.24, 2.45) is 0 Å². The van der Waals surface area contributed by atoms with Crippen molar-refractivity contribution in [3.05, 3.63) is 52.8 Å². The summed E-state index contributed by atoms with van der Waals surface area (Å²) in [7, 11) is 0. The molecule has 3 heterocycles. The van der Waals surface area contributed by atoms with E-state index < -0.39 is 0 Å². The summed E-state index contributed by atoms with van der Waals surface area (Å²) in [5.74, 6) is 0.129. The molecule has 2 aromatic rings. The Hall–Kier alpha value is -2.60. The summed E-state index contributed by atoms with van der Waals surface area (Å²) in [5, 5.41) is 4.02. The predicted octanol–water partition coefficient (Wildman–Crippen LogP) is 3.49. The van der Waals surface area contributed by atoms with Crippen LogP contribution in [0.2, 0.25) is 5.02 Å². The molecular formula is C20H21ClN4O2. The fraction of sp³-hybridized carbons (Fsp3) is 0.350. The van der Waals surface area contributed by atoms with Crippen molar-refractivity contribution in [1.82, 2.24) is 9.88 Å². The molecule has 27 heavy (non-hydrogen) atoms. The lowest BCUT2D eigenvalue weighted by molar-refractivity contribution is -0.134. The van der Waals surface area contributed by atoms with Crippen molar-refractivity contribution >= 4 is 34.8 Å². The second-order valence-corrected chi connectivity index (χ2v) is 7.44. The van der Waals surface area contributed by atoms with Gasteiger partial charge in [-0.05, 0) is 36.8 Å². The maximum Gasteiger partial charge on any atom is 0.259 e. The highest BCUT2D eigenvalue weighted by atomic mass is 35.5. The Bertz CT molecular complexity index is 911. The van der Waals surface area contributed by atoms with Crippen molar-refractivity contribution in [1.29, 1.82) is 0 Å². The highest BCUT2D eigenvalue weighted by Crippen LogP contribution is 2.38. The Morgan fingerprint density at radius 2 is 2.07 bits per heavy atom. The third-order valence-electron chi connectivity index (χ3n) is 5.21. The number of likely N-dealkylation sites (tertiary alicyclic amines) is 1. The maximum absolute atomic E-state index is 12.9. The number of carbonyl (C=O) groups excluding carboxylic acids is 2. The van der Waals surface area contributed by atoms with Gasteiger partial charge in [0.1, 0.15) is 0 Å². The summed E-state index contributed by atoms with van der Waals surface area (Å²) in [5.41, 5.74) is 3.19. The van der Waals surface area contributed by atoms with Crippen LogP contribution < -0.4 is 10.2 Å². The van der Waals surface area contributed by atoms with Crippen molar-refractivity contribution in [2.45, 2.75) is 32.4 Å². The van der Waals surface area contributed by atoms with Gasteiger partial charge in [0.2, 0.25) is 5.91 Å². The monoisotopic (exact) mass is 384 g/mol. The molecule has 1 aromatic carbocycles. The summed E-state index contributed by atoms with van der Waals surface area (Å²) < 4.78 is 0. The molecular weight excluding hydrogens is 364 g/mol. The molecule has 0 spiro atoms. The van der Waals surface area contributed by atoms with E-state index in [2.05, 4.69) is 10.3 Å². The minimum Gasteiger partial charge on any atom is -0.377 e. The number of amides is 2. The van der Waals surface area contributed by atoms with E-state index in [1.807, 2.05) is 30.9 Å². The molecule has 7 heteroatoms. The number of halogens is 1. The minimum absolute atomic E-state index is 0.0449. The van der Waals surface area contributed by atoms with E-state index in [0.29, 0.717) is 30.1 Å². The van der Waals surface area contributed by atoms with Gasteiger partial charge in [-0.25, -0.2) is 0 Å². The molecule has 1 N–H and O–H groups in total. The number of fused-ring (bicyclic) bond motifs is 1. The van der Waals surface area contributed by atoms with Gasteiger partial charge in [-0.3, -0.25) is 19.5 Å². The number of hydrogen-bond acceptors (Lipinski definition) is 4. The van der Waals surface area contributed by atoms with Gasteiger partial charge in [0.25, 0.3) is 5.91 Å². The van der Waals surface area contributed by atoms with Crippen LogP contribution in [0.15, 0.2) is 36.7 Å². The Morgan fingerprint density at radius 1 is 1.30 bits per heavy atom. The number of anilines is 2. The first kappa shape index (κ1) is 17.8. The van der Waals surface area contributed by atoms with Crippen LogP contribution in [0.4, 0.5) is 11.4 Å². The van der Waals surface area contributed by atoms with Crippen molar-refractivity contribution in [3.63, 3.8) is 0 Å². The second kappa shape index (κ2) is 6.85. The van der Waals surface area contributed by atoms with Crippen LogP contribution >= 0.6 is 11.6 Å². The number of nitrogens with one attached hydrogen (secondary N) is 1. The Morgan fingerprint density at radius 3 is 2.81 bits per heavy atom. The van der Waals surface area contributed by atoms with Crippen molar-refractivity contribution in [2.75, 3.05) is 23.3 Å². The summed E-state index contributed by atoms with van der Waals surface area (Å²) in [6.45, 7) is 5.25. The molecule has 0 aliphatic carbocycles. The zero-order chi connectivity index (χ0) is 19.1. The molecule has 140 valence electrons. The standard InChI is InChI=1S/C20H21ClN4O2/c1-3-19(26)24-10-15(11-24)23-14-7-16(9-22-8-14)25-12(2)18-6-13(21)4-5-17(18)20(25)27/h4-9,12,15,23H,3,10-11H2,1-2H3/t12-/m0/s1. The number of pyridine rings is 1. The minimum atomic E-state index is -0.107. The topological polar surface area (TPSA) is 65.5 Å². The summed E-state index contributed by atoms with van der Waals surface area (Å²) in [6.07, 6.45) is 3.97. The first-order valence-electron chi connectivity index (χ1n) is 9.10. The zero-order valence-electron chi connectivity index (χ0n) is 15.3. The number of nitrogens with zero attached hydrogens (tertiary/aromatic N) is 3. The van der Waals surface area contributed by atoms with E-state index >= 15 is 0 Å². The fourth-order valence-electron chi connectivity index (χ4n) is 3.73. The maximum atomic E-state index is 12.9. The van der Waals surface area contributed by atoms with Crippen LogP contribution in [0.3, 0.4) is 0 Å². The molecule has 2 aliphatic rings. The van der Waals surface area contributed by atoms with E-state index in [0.717, 1.165) is 16.9 Å². The summed E-state index contributed by atoms with van der Waals surface area (Å²) >= 11 is 6.10. The lowest BCUT2D eigenvalue weighted by atomic mass is 10.1. The van der Waals surface area contributed by atoms with Gasteiger partial charge in [0.05, 0.1) is 35.9 Å². The van der Waals surface area contributed by atoms with E-state index in [1.165, 1.54) is 0 Å².